The highest BCUT2D eigenvalue weighted by molar-refractivity contribution is 5.79. The van der Waals surface area contributed by atoms with Crippen molar-refractivity contribution in [3.8, 4) is 11.3 Å². The molecule has 1 aromatic heterocycles. The molecule has 1 atom stereocenters. The molecule has 0 aliphatic carbocycles. The maximum absolute atomic E-state index is 13.3. The maximum atomic E-state index is 13.3. The molecule has 3 aromatic rings. The topological polar surface area (TPSA) is 46.1 Å². The number of hydrogen-bond acceptors (Lipinski definition) is 3. The summed E-state index contributed by atoms with van der Waals surface area (Å²) in [6.45, 7) is 1.26. The summed E-state index contributed by atoms with van der Waals surface area (Å²) in [6, 6.07) is 12.2. The molecule has 0 bridgehead atoms. The fourth-order valence-electron chi connectivity index (χ4n) is 3.79. The Morgan fingerprint density at radius 1 is 0.966 bits per heavy atom. The smallest absolute Gasteiger partial charge is 0.227 e. The van der Waals surface area contributed by atoms with Crippen molar-refractivity contribution in [1.82, 2.24) is 14.9 Å². The zero-order valence-electron chi connectivity index (χ0n) is 15.9. The van der Waals surface area contributed by atoms with Crippen LogP contribution < -0.4 is 0 Å². The molecule has 0 saturated carbocycles. The molecule has 148 valence electrons. The van der Waals surface area contributed by atoms with Gasteiger partial charge in [-0.2, -0.15) is 0 Å². The predicted octanol–water partition coefficient (Wildman–Crippen LogP) is 4.37. The zero-order chi connectivity index (χ0) is 20.2. The largest absolute Gasteiger partial charge is 0.342 e. The minimum atomic E-state index is -0.310. The number of hydrogen-bond donors (Lipinski definition) is 0. The van der Waals surface area contributed by atoms with Crippen LogP contribution in [0.3, 0.4) is 0 Å². The van der Waals surface area contributed by atoms with Crippen molar-refractivity contribution >= 4 is 5.91 Å². The van der Waals surface area contributed by atoms with E-state index >= 15 is 0 Å². The van der Waals surface area contributed by atoms with Crippen molar-refractivity contribution in [3.63, 3.8) is 0 Å². The maximum Gasteiger partial charge on any atom is 0.227 e. The van der Waals surface area contributed by atoms with Gasteiger partial charge in [0.1, 0.15) is 11.6 Å². The van der Waals surface area contributed by atoms with Crippen molar-refractivity contribution in [1.29, 1.82) is 0 Å². The van der Waals surface area contributed by atoms with Gasteiger partial charge in [0.15, 0.2) is 0 Å². The molecule has 2 aromatic carbocycles. The molecule has 1 amide bonds. The van der Waals surface area contributed by atoms with Gasteiger partial charge in [-0.05, 0) is 54.8 Å². The molecular weight excluding hydrogens is 372 g/mol. The lowest BCUT2D eigenvalue weighted by Crippen LogP contribution is -2.40. The number of likely N-dealkylation sites (tertiary alicyclic amines) is 1. The Morgan fingerprint density at radius 2 is 1.62 bits per heavy atom. The highest BCUT2D eigenvalue weighted by Gasteiger charge is 2.28. The van der Waals surface area contributed by atoms with Crippen molar-refractivity contribution < 1.29 is 13.6 Å². The van der Waals surface area contributed by atoms with E-state index in [2.05, 4.69) is 9.97 Å². The lowest BCUT2D eigenvalue weighted by Gasteiger charge is -2.33. The van der Waals surface area contributed by atoms with Gasteiger partial charge in [-0.15, -0.1) is 0 Å². The number of carbonyl (C=O) groups is 1. The molecule has 0 spiro atoms. The molecule has 1 aliphatic heterocycles. The van der Waals surface area contributed by atoms with Crippen LogP contribution in [0.25, 0.3) is 11.3 Å². The number of rotatable bonds is 4. The summed E-state index contributed by atoms with van der Waals surface area (Å²) < 4.78 is 26.4. The van der Waals surface area contributed by atoms with Gasteiger partial charge in [0, 0.05) is 37.0 Å². The number of aromatic nitrogens is 2. The number of nitrogens with zero attached hydrogens (tertiary/aromatic N) is 3. The van der Waals surface area contributed by atoms with Crippen LogP contribution in [0.15, 0.2) is 60.9 Å². The number of benzene rings is 2. The SMILES string of the molecule is O=C(Cc1ccc(F)cc1)N1CCC[C@H](c2nccnc2-c2ccc(F)cc2)C1. The van der Waals surface area contributed by atoms with E-state index in [1.807, 2.05) is 4.90 Å². The van der Waals surface area contributed by atoms with Crippen LogP contribution >= 0.6 is 0 Å². The molecule has 4 rings (SSSR count). The predicted molar refractivity (Wildman–Crippen MR) is 106 cm³/mol. The van der Waals surface area contributed by atoms with Crippen LogP contribution in [0.2, 0.25) is 0 Å². The Morgan fingerprint density at radius 3 is 2.34 bits per heavy atom. The van der Waals surface area contributed by atoms with Crippen LogP contribution in [0.1, 0.15) is 30.0 Å². The van der Waals surface area contributed by atoms with Crippen LogP contribution in [0, 0.1) is 11.6 Å². The molecule has 0 radical (unpaired) electrons. The van der Waals surface area contributed by atoms with Crippen LogP contribution in [-0.4, -0.2) is 33.9 Å². The molecule has 29 heavy (non-hydrogen) atoms. The van der Waals surface area contributed by atoms with Gasteiger partial charge in [0.2, 0.25) is 5.91 Å². The summed E-state index contributed by atoms with van der Waals surface area (Å²) in [5, 5.41) is 0. The Hall–Kier alpha value is -3.15. The van der Waals surface area contributed by atoms with Gasteiger partial charge in [0.25, 0.3) is 0 Å². The summed E-state index contributed by atoms with van der Waals surface area (Å²) in [7, 11) is 0. The van der Waals surface area contributed by atoms with E-state index in [0.717, 1.165) is 35.4 Å². The highest BCUT2D eigenvalue weighted by atomic mass is 19.1. The van der Waals surface area contributed by atoms with E-state index in [9.17, 15) is 13.6 Å². The molecule has 0 N–H and O–H groups in total. The fourth-order valence-corrected chi connectivity index (χ4v) is 3.79. The van der Waals surface area contributed by atoms with E-state index in [0.29, 0.717) is 13.1 Å². The molecule has 4 nitrogen and oxygen atoms in total. The van der Waals surface area contributed by atoms with Crippen LogP contribution in [-0.2, 0) is 11.2 Å². The van der Waals surface area contributed by atoms with Crippen molar-refractivity contribution in [3.05, 3.63) is 83.8 Å². The summed E-state index contributed by atoms with van der Waals surface area (Å²) in [6.07, 6.45) is 5.31. The van der Waals surface area contributed by atoms with Gasteiger partial charge in [-0.3, -0.25) is 14.8 Å². The Balaban J connectivity index is 1.52. The summed E-state index contributed by atoms with van der Waals surface area (Å²) >= 11 is 0. The molecule has 1 fully saturated rings. The quantitative estimate of drug-likeness (QED) is 0.661. The number of piperidine rings is 1. The fraction of sp³-hybridized carbons (Fsp3) is 0.261. The minimum Gasteiger partial charge on any atom is -0.342 e. The first-order chi connectivity index (χ1) is 14.1. The van der Waals surface area contributed by atoms with E-state index in [1.165, 1.54) is 24.3 Å². The monoisotopic (exact) mass is 393 g/mol. The second kappa shape index (κ2) is 8.47. The first-order valence-electron chi connectivity index (χ1n) is 9.69. The van der Waals surface area contributed by atoms with E-state index in [4.69, 9.17) is 0 Å². The molecular formula is C23H21F2N3O. The van der Waals surface area contributed by atoms with Gasteiger partial charge in [0.05, 0.1) is 17.8 Å². The summed E-state index contributed by atoms with van der Waals surface area (Å²) in [5.74, 6) is -0.521. The number of halogens is 2. The van der Waals surface area contributed by atoms with Gasteiger partial charge < -0.3 is 4.90 Å². The molecule has 1 aliphatic rings. The third-order valence-corrected chi connectivity index (χ3v) is 5.27. The molecule has 0 unspecified atom stereocenters. The highest BCUT2D eigenvalue weighted by Crippen LogP contribution is 2.32. The average Bonchev–Trinajstić information content (AvgIpc) is 2.76. The van der Waals surface area contributed by atoms with Gasteiger partial charge in [-0.25, -0.2) is 8.78 Å². The Kier molecular flexibility index (Phi) is 5.60. The number of carbonyl (C=O) groups excluding carboxylic acids is 1. The Labute approximate surface area is 168 Å². The zero-order valence-corrected chi connectivity index (χ0v) is 15.9. The van der Waals surface area contributed by atoms with E-state index in [1.54, 1.807) is 36.7 Å². The third kappa shape index (κ3) is 4.47. The van der Waals surface area contributed by atoms with Crippen molar-refractivity contribution in [2.24, 2.45) is 0 Å². The van der Waals surface area contributed by atoms with Gasteiger partial charge >= 0.3 is 0 Å². The first-order valence-corrected chi connectivity index (χ1v) is 9.69. The Bertz CT molecular complexity index is 990. The lowest BCUT2D eigenvalue weighted by molar-refractivity contribution is -0.131. The normalized spacial score (nSPS) is 16.6. The lowest BCUT2D eigenvalue weighted by atomic mass is 9.91. The van der Waals surface area contributed by atoms with E-state index < -0.39 is 0 Å². The second-order valence-electron chi connectivity index (χ2n) is 7.28. The van der Waals surface area contributed by atoms with E-state index in [-0.39, 0.29) is 29.9 Å². The minimum absolute atomic E-state index is 0.0218. The summed E-state index contributed by atoms with van der Waals surface area (Å²) in [4.78, 5) is 23.7. The standard InChI is InChI=1S/C23H21F2N3O/c24-19-7-3-16(4-8-19)14-21(29)28-13-1-2-18(15-28)23-22(26-11-12-27-23)17-5-9-20(25)10-6-17/h3-12,18H,1-2,13-15H2/t18-/m0/s1. The first kappa shape index (κ1) is 19.2. The average molecular weight is 393 g/mol. The number of amides is 1. The van der Waals surface area contributed by atoms with Crippen molar-refractivity contribution in [2.45, 2.75) is 25.2 Å². The van der Waals surface area contributed by atoms with Crippen LogP contribution in [0.5, 0.6) is 0 Å². The van der Waals surface area contributed by atoms with Crippen molar-refractivity contribution in [2.75, 3.05) is 13.1 Å². The van der Waals surface area contributed by atoms with Gasteiger partial charge in [-0.1, -0.05) is 12.1 Å². The van der Waals surface area contributed by atoms with Crippen LogP contribution in [0.4, 0.5) is 8.78 Å². The molecule has 1 saturated heterocycles. The third-order valence-electron chi connectivity index (χ3n) is 5.27. The second-order valence-corrected chi connectivity index (χ2v) is 7.28. The molecule has 6 heteroatoms. The summed E-state index contributed by atoms with van der Waals surface area (Å²) in [5.41, 5.74) is 3.16. The molecule has 2 heterocycles.